The SMILES string of the molecule is Cc1noc(C)c1CSc1ccccc1C(=O)Nc1ccc(Cl)c(Cl)c1. The number of halogens is 2. The molecule has 26 heavy (non-hydrogen) atoms. The maximum atomic E-state index is 12.7. The third kappa shape index (κ3) is 4.23. The van der Waals surface area contributed by atoms with Crippen LogP contribution in [0.15, 0.2) is 51.9 Å². The molecule has 0 fully saturated rings. The number of amides is 1. The molecule has 134 valence electrons. The zero-order chi connectivity index (χ0) is 18.7. The molecule has 0 radical (unpaired) electrons. The van der Waals surface area contributed by atoms with Gasteiger partial charge in [0.05, 0.1) is 21.3 Å². The number of hydrogen-bond donors (Lipinski definition) is 1. The summed E-state index contributed by atoms with van der Waals surface area (Å²) in [4.78, 5) is 13.6. The van der Waals surface area contributed by atoms with Gasteiger partial charge in [-0.05, 0) is 44.2 Å². The average molecular weight is 407 g/mol. The number of anilines is 1. The van der Waals surface area contributed by atoms with E-state index in [-0.39, 0.29) is 5.91 Å². The summed E-state index contributed by atoms with van der Waals surface area (Å²) in [6.07, 6.45) is 0. The second kappa shape index (κ2) is 8.16. The topological polar surface area (TPSA) is 55.1 Å². The van der Waals surface area contributed by atoms with E-state index in [4.69, 9.17) is 27.7 Å². The summed E-state index contributed by atoms with van der Waals surface area (Å²) in [5, 5.41) is 7.66. The minimum Gasteiger partial charge on any atom is -0.361 e. The monoisotopic (exact) mass is 406 g/mol. The molecule has 0 aliphatic carbocycles. The first-order chi connectivity index (χ1) is 12.5. The van der Waals surface area contributed by atoms with E-state index >= 15 is 0 Å². The van der Waals surface area contributed by atoms with Crippen molar-refractivity contribution in [3.05, 3.63) is 75.1 Å². The highest BCUT2D eigenvalue weighted by atomic mass is 35.5. The predicted molar refractivity (Wildman–Crippen MR) is 106 cm³/mol. The molecule has 1 amide bonds. The van der Waals surface area contributed by atoms with Gasteiger partial charge in [-0.15, -0.1) is 11.8 Å². The number of carbonyl (C=O) groups excluding carboxylic acids is 1. The lowest BCUT2D eigenvalue weighted by atomic mass is 10.2. The fourth-order valence-corrected chi connectivity index (χ4v) is 3.91. The second-order valence-corrected chi connectivity index (χ2v) is 7.50. The van der Waals surface area contributed by atoms with Crippen molar-refractivity contribution in [2.45, 2.75) is 24.5 Å². The minimum absolute atomic E-state index is 0.203. The van der Waals surface area contributed by atoms with Crippen LogP contribution in [0.4, 0.5) is 5.69 Å². The Hall–Kier alpha value is -1.95. The van der Waals surface area contributed by atoms with E-state index < -0.39 is 0 Å². The first-order valence-corrected chi connectivity index (χ1v) is 9.60. The predicted octanol–water partition coefficient (Wildman–Crippen LogP) is 6.14. The van der Waals surface area contributed by atoms with Crippen molar-refractivity contribution in [1.82, 2.24) is 5.16 Å². The Kier molecular flexibility index (Phi) is 5.91. The number of nitrogens with one attached hydrogen (secondary N) is 1. The van der Waals surface area contributed by atoms with E-state index in [0.29, 0.717) is 27.0 Å². The average Bonchev–Trinajstić information content (AvgIpc) is 2.94. The Morgan fingerprint density at radius 3 is 2.62 bits per heavy atom. The van der Waals surface area contributed by atoms with Crippen LogP contribution in [0, 0.1) is 13.8 Å². The van der Waals surface area contributed by atoms with Crippen molar-refractivity contribution >= 4 is 46.6 Å². The molecule has 0 saturated carbocycles. The van der Waals surface area contributed by atoms with Gasteiger partial charge in [0.25, 0.3) is 5.91 Å². The third-order valence-corrected chi connectivity index (χ3v) is 5.70. The zero-order valence-corrected chi connectivity index (χ0v) is 16.5. The van der Waals surface area contributed by atoms with E-state index in [0.717, 1.165) is 21.9 Å². The van der Waals surface area contributed by atoms with Crippen LogP contribution in [0.5, 0.6) is 0 Å². The summed E-state index contributed by atoms with van der Waals surface area (Å²) in [7, 11) is 0. The molecule has 0 unspecified atom stereocenters. The standard InChI is InChI=1S/C19H16Cl2N2O2S/c1-11-15(12(2)25-23-11)10-26-18-6-4-3-5-14(18)19(24)22-13-7-8-16(20)17(21)9-13/h3-9H,10H2,1-2H3,(H,22,24). The third-order valence-electron chi connectivity index (χ3n) is 3.86. The summed E-state index contributed by atoms with van der Waals surface area (Å²) in [5.41, 5.74) is 3.10. The van der Waals surface area contributed by atoms with Gasteiger partial charge in [-0.2, -0.15) is 0 Å². The molecule has 7 heteroatoms. The van der Waals surface area contributed by atoms with Gasteiger partial charge < -0.3 is 9.84 Å². The van der Waals surface area contributed by atoms with Crippen LogP contribution in [0.3, 0.4) is 0 Å². The molecule has 1 aromatic heterocycles. The van der Waals surface area contributed by atoms with Gasteiger partial charge in [-0.3, -0.25) is 4.79 Å². The van der Waals surface area contributed by atoms with Crippen LogP contribution in [0.25, 0.3) is 0 Å². The summed E-state index contributed by atoms with van der Waals surface area (Å²) in [6.45, 7) is 3.80. The molecule has 0 saturated heterocycles. The van der Waals surface area contributed by atoms with E-state index in [2.05, 4.69) is 10.5 Å². The second-order valence-electron chi connectivity index (χ2n) is 5.67. The fraction of sp³-hybridized carbons (Fsp3) is 0.158. The van der Waals surface area contributed by atoms with Crippen molar-refractivity contribution in [3.63, 3.8) is 0 Å². The first kappa shape index (κ1) is 18.8. The van der Waals surface area contributed by atoms with Crippen molar-refractivity contribution < 1.29 is 9.32 Å². The molecule has 2 aromatic carbocycles. The zero-order valence-electron chi connectivity index (χ0n) is 14.2. The largest absolute Gasteiger partial charge is 0.361 e. The normalized spacial score (nSPS) is 10.8. The van der Waals surface area contributed by atoms with Gasteiger partial charge in [0, 0.05) is 21.9 Å². The van der Waals surface area contributed by atoms with Crippen LogP contribution in [-0.4, -0.2) is 11.1 Å². The number of carbonyl (C=O) groups is 1. The number of rotatable bonds is 5. The Bertz CT molecular complexity index is 937. The molecule has 0 spiro atoms. The smallest absolute Gasteiger partial charge is 0.256 e. The molecular weight excluding hydrogens is 391 g/mol. The Labute approximate surface area is 165 Å². The highest BCUT2D eigenvalue weighted by Gasteiger charge is 2.15. The minimum atomic E-state index is -0.203. The van der Waals surface area contributed by atoms with Gasteiger partial charge in [-0.25, -0.2) is 0 Å². The lowest BCUT2D eigenvalue weighted by Crippen LogP contribution is -2.13. The van der Waals surface area contributed by atoms with Crippen LogP contribution in [-0.2, 0) is 5.75 Å². The number of hydrogen-bond acceptors (Lipinski definition) is 4. The van der Waals surface area contributed by atoms with E-state index in [9.17, 15) is 4.79 Å². The molecule has 3 aromatic rings. The maximum Gasteiger partial charge on any atom is 0.256 e. The van der Waals surface area contributed by atoms with Crippen molar-refractivity contribution in [3.8, 4) is 0 Å². The molecular formula is C19H16Cl2N2O2S. The summed E-state index contributed by atoms with van der Waals surface area (Å²) >= 11 is 13.5. The van der Waals surface area contributed by atoms with Crippen molar-refractivity contribution in [2.24, 2.45) is 0 Å². The molecule has 4 nitrogen and oxygen atoms in total. The molecule has 0 aliphatic heterocycles. The van der Waals surface area contributed by atoms with Gasteiger partial charge >= 0.3 is 0 Å². The van der Waals surface area contributed by atoms with Gasteiger partial charge in [0.2, 0.25) is 0 Å². The number of aromatic nitrogens is 1. The maximum absolute atomic E-state index is 12.7. The Morgan fingerprint density at radius 2 is 1.92 bits per heavy atom. The summed E-state index contributed by atoms with van der Waals surface area (Å²) < 4.78 is 5.20. The molecule has 1 heterocycles. The summed E-state index contributed by atoms with van der Waals surface area (Å²) in [5.74, 6) is 1.27. The van der Waals surface area contributed by atoms with Crippen molar-refractivity contribution in [1.29, 1.82) is 0 Å². The molecule has 0 bridgehead atoms. The molecule has 0 atom stereocenters. The first-order valence-electron chi connectivity index (χ1n) is 7.85. The van der Waals surface area contributed by atoms with E-state index in [1.807, 2.05) is 32.0 Å². The molecule has 0 aliphatic rings. The Balaban J connectivity index is 1.77. The lowest BCUT2D eigenvalue weighted by Gasteiger charge is -2.10. The van der Waals surface area contributed by atoms with Crippen LogP contribution in [0.1, 0.15) is 27.4 Å². The highest BCUT2D eigenvalue weighted by Crippen LogP contribution is 2.30. The lowest BCUT2D eigenvalue weighted by molar-refractivity contribution is 0.102. The Morgan fingerprint density at radius 1 is 1.15 bits per heavy atom. The van der Waals surface area contributed by atoms with Crippen LogP contribution in [0.2, 0.25) is 10.0 Å². The number of thioether (sulfide) groups is 1. The van der Waals surface area contributed by atoms with E-state index in [1.165, 1.54) is 0 Å². The summed E-state index contributed by atoms with van der Waals surface area (Å²) in [6, 6.07) is 12.5. The van der Waals surface area contributed by atoms with Crippen LogP contribution >= 0.6 is 35.0 Å². The van der Waals surface area contributed by atoms with Crippen LogP contribution < -0.4 is 5.32 Å². The highest BCUT2D eigenvalue weighted by molar-refractivity contribution is 7.98. The molecule has 1 N–H and O–H groups in total. The van der Waals surface area contributed by atoms with Gasteiger partial charge in [0.1, 0.15) is 5.76 Å². The van der Waals surface area contributed by atoms with E-state index in [1.54, 1.807) is 36.0 Å². The number of aryl methyl sites for hydroxylation is 2. The fourth-order valence-electron chi connectivity index (χ4n) is 2.41. The van der Waals surface area contributed by atoms with Gasteiger partial charge in [0.15, 0.2) is 0 Å². The molecule has 3 rings (SSSR count). The van der Waals surface area contributed by atoms with Gasteiger partial charge in [-0.1, -0.05) is 40.5 Å². The number of benzene rings is 2. The quantitative estimate of drug-likeness (QED) is 0.516. The van der Waals surface area contributed by atoms with Crippen molar-refractivity contribution in [2.75, 3.05) is 5.32 Å². The number of nitrogens with zero attached hydrogens (tertiary/aromatic N) is 1.